The number of hydrogen-bond donors (Lipinski definition) is 2. The molecule has 1 aromatic heterocycles. The second-order valence-corrected chi connectivity index (χ2v) is 7.08. The molecule has 8 heteroatoms. The van der Waals surface area contributed by atoms with E-state index in [1.807, 2.05) is 6.07 Å². The molecule has 2 heterocycles. The molecule has 1 aromatic carbocycles. The summed E-state index contributed by atoms with van der Waals surface area (Å²) in [5.74, 6) is -1.50. The maximum atomic E-state index is 13.0. The fourth-order valence-electron chi connectivity index (χ4n) is 3.57. The maximum Gasteiger partial charge on any atom is 0.340 e. The minimum absolute atomic E-state index is 0.180. The van der Waals surface area contributed by atoms with E-state index in [0.717, 1.165) is 4.90 Å². The van der Waals surface area contributed by atoms with Crippen LogP contribution in [0.15, 0.2) is 30.3 Å². The molecule has 2 N–H and O–H groups in total. The predicted octanol–water partition coefficient (Wildman–Crippen LogP) is 2.46. The van der Waals surface area contributed by atoms with Crippen LogP contribution >= 0.6 is 0 Å². The number of aryl methyl sites for hydroxylation is 1. The second kappa shape index (κ2) is 7.54. The van der Waals surface area contributed by atoms with Crippen molar-refractivity contribution in [3.63, 3.8) is 0 Å². The Balaban J connectivity index is 1.85. The molecule has 0 saturated carbocycles. The second-order valence-electron chi connectivity index (χ2n) is 7.08. The van der Waals surface area contributed by atoms with E-state index in [9.17, 15) is 19.2 Å². The molecule has 29 heavy (non-hydrogen) atoms. The normalized spacial score (nSPS) is 18.7. The van der Waals surface area contributed by atoms with Gasteiger partial charge in [0, 0.05) is 5.69 Å². The summed E-state index contributed by atoms with van der Waals surface area (Å²) in [4.78, 5) is 54.2. The fraction of sp³-hybridized carbons (Fsp3) is 0.333. The summed E-state index contributed by atoms with van der Waals surface area (Å²) < 4.78 is 5.03. The average Bonchev–Trinajstić information content (AvgIpc) is 3.10. The van der Waals surface area contributed by atoms with Gasteiger partial charge in [-0.05, 0) is 38.8 Å². The molecule has 1 saturated heterocycles. The van der Waals surface area contributed by atoms with Crippen LogP contribution in [0.2, 0.25) is 0 Å². The first-order valence-electron chi connectivity index (χ1n) is 9.29. The van der Waals surface area contributed by atoms with Gasteiger partial charge in [0.05, 0.1) is 24.4 Å². The molecule has 1 atom stereocenters. The van der Waals surface area contributed by atoms with Crippen molar-refractivity contribution in [2.24, 2.45) is 0 Å². The number of nitrogens with one attached hydrogen (secondary N) is 2. The summed E-state index contributed by atoms with van der Waals surface area (Å²) in [6.07, 6.45) is 0. The van der Waals surface area contributed by atoms with Crippen LogP contribution in [0.25, 0.3) is 0 Å². The quantitative estimate of drug-likeness (QED) is 0.442. The monoisotopic (exact) mass is 397 g/mol. The number of nitrogens with zero attached hydrogens (tertiary/aromatic N) is 1. The highest BCUT2D eigenvalue weighted by Gasteiger charge is 2.49. The van der Waals surface area contributed by atoms with Crippen LogP contribution in [0.4, 0.5) is 4.79 Å². The van der Waals surface area contributed by atoms with Gasteiger partial charge >= 0.3 is 12.0 Å². The van der Waals surface area contributed by atoms with Gasteiger partial charge in [0.2, 0.25) is 0 Å². The van der Waals surface area contributed by atoms with Crippen LogP contribution in [-0.4, -0.2) is 46.7 Å². The van der Waals surface area contributed by atoms with Gasteiger partial charge in [-0.15, -0.1) is 0 Å². The molecule has 8 nitrogen and oxygen atoms in total. The first-order valence-corrected chi connectivity index (χ1v) is 9.29. The van der Waals surface area contributed by atoms with Crippen LogP contribution in [0, 0.1) is 13.8 Å². The third-order valence-electron chi connectivity index (χ3n) is 5.12. The summed E-state index contributed by atoms with van der Waals surface area (Å²) in [5.41, 5.74) is 0.792. The Morgan fingerprint density at radius 3 is 2.41 bits per heavy atom. The number of ether oxygens (including phenoxy) is 1. The molecule has 0 radical (unpaired) electrons. The largest absolute Gasteiger partial charge is 0.462 e. The van der Waals surface area contributed by atoms with Crippen molar-refractivity contribution in [2.75, 3.05) is 13.2 Å². The van der Waals surface area contributed by atoms with Crippen molar-refractivity contribution < 1.29 is 23.9 Å². The van der Waals surface area contributed by atoms with Crippen molar-refractivity contribution >= 4 is 23.7 Å². The number of benzene rings is 1. The Labute approximate surface area is 168 Å². The van der Waals surface area contributed by atoms with Gasteiger partial charge in [-0.3, -0.25) is 14.5 Å². The number of aromatic nitrogens is 1. The number of esters is 1. The number of imide groups is 1. The zero-order chi connectivity index (χ0) is 21.3. The molecule has 1 aliphatic heterocycles. The molecule has 1 fully saturated rings. The summed E-state index contributed by atoms with van der Waals surface area (Å²) in [6.45, 7) is 6.38. The third-order valence-corrected chi connectivity index (χ3v) is 5.12. The molecule has 152 valence electrons. The van der Waals surface area contributed by atoms with Crippen molar-refractivity contribution in [1.82, 2.24) is 15.2 Å². The number of aromatic amines is 1. The zero-order valence-electron chi connectivity index (χ0n) is 16.8. The fourth-order valence-corrected chi connectivity index (χ4v) is 3.57. The van der Waals surface area contributed by atoms with E-state index in [1.165, 1.54) is 0 Å². The van der Waals surface area contributed by atoms with Gasteiger partial charge in [-0.25, -0.2) is 9.59 Å². The minimum Gasteiger partial charge on any atom is -0.462 e. The van der Waals surface area contributed by atoms with Gasteiger partial charge in [0.1, 0.15) is 5.54 Å². The minimum atomic E-state index is -1.24. The molecule has 0 spiro atoms. The summed E-state index contributed by atoms with van der Waals surface area (Å²) in [6, 6.07) is 8.21. The van der Waals surface area contributed by atoms with E-state index in [1.54, 1.807) is 52.0 Å². The third kappa shape index (κ3) is 3.41. The standard InChI is InChI=1S/C21H23N3O5/c1-5-29-18(26)16-12(2)17(22-13(16)3)15(25)11-24-19(27)21(4,23-20(24)28)14-9-7-6-8-10-14/h6-10,22H,5,11H2,1-4H3,(H,23,28)/t21-/m1/s1. The number of Topliss-reactive ketones (excluding diaryl/α,β-unsaturated/α-hetero) is 1. The van der Waals surface area contributed by atoms with Crippen molar-refractivity contribution in [2.45, 2.75) is 33.2 Å². The molecule has 0 unspecified atom stereocenters. The number of ketones is 1. The van der Waals surface area contributed by atoms with Crippen molar-refractivity contribution in [3.05, 3.63) is 58.4 Å². The van der Waals surface area contributed by atoms with Gasteiger partial charge in [-0.1, -0.05) is 30.3 Å². The Hall–Kier alpha value is -3.42. The lowest BCUT2D eigenvalue weighted by molar-refractivity contribution is -0.130. The zero-order valence-corrected chi connectivity index (χ0v) is 16.8. The van der Waals surface area contributed by atoms with Gasteiger partial charge in [0.15, 0.2) is 5.78 Å². The van der Waals surface area contributed by atoms with Crippen molar-refractivity contribution in [3.8, 4) is 0 Å². The molecule has 0 aliphatic carbocycles. The molecule has 0 bridgehead atoms. The lowest BCUT2D eigenvalue weighted by Gasteiger charge is -2.22. The Morgan fingerprint density at radius 1 is 1.14 bits per heavy atom. The van der Waals surface area contributed by atoms with Gasteiger partial charge in [-0.2, -0.15) is 0 Å². The topological polar surface area (TPSA) is 109 Å². The Bertz CT molecular complexity index is 995. The maximum absolute atomic E-state index is 13.0. The average molecular weight is 397 g/mol. The van der Waals surface area contributed by atoms with E-state index >= 15 is 0 Å². The molecular formula is C21H23N3O5. The lowest BCUT2D eigenvalue weighted by Crippen LogP contribution is -2.41. The highest BCUT2D eigenvalue weighted by Crippen LogP contribution is 2.29. The lowest BCUT2D eigenvalue weighted by atomic mass is 9.92. The predicted molar refractivity (Wildman–Crippen MR) is 105 cm³/mol. The highest BCUT2D eigenvalue weighted by molar-refractivity contribution is 6.11. The number of urea groups is 1. The SMILES string of the molecule is CCOC(=O)c1c(C)[nH]c(C(=O)CN2C(=O)N[C@](C)(c3ccccc3)C2=O)c1C. The summed E-state index contributed by atoms with van der Waals surface area (Å²) >= 11 is 0. The first kappa shape index (κ1) is 20.3. The number of hydrogen-bond acceptors (Lipinski definition) is 5. The number of H-pyrrole nitrogens is 1. The molecule has 3 rings (SSSR count). The molecule has 1 aliphatic rings. The van der Waals surface area contributed by atoms with Crippen molar-refractivity contribution in [1.29, 1.82) is 0 Å². The molecule has 3 amide bonds. The number of carbonyl (C=O) groups is 4. The van der Waals surface area contributed by atoms with Crippen LogP contribution < -0.4 is 5.32 Å². The molecular weight excluding hydrogens is 374 g/mol. The summed E-state index contributed by atoms with van der Waals surface area (Å²) in [7, 11) is 0. The first-order chi connectivity index (χ1) is 13.7. The Morgan fingerprint density at radius 2 is 1.79 bits per heavy atom. The van der Waals surface area contributed by atoms with Crippen LogP contribution in [0.1, 0.15) is 51.5 Å². The number of rotatable bonds is 6. The van der Waals surface area contributed by atoms with Crippen LogP contribution in [0.5, 0.6) is 0 Å². The number of amides is 3. The van der Waals surface area contributed by atoms with E-state index in [-0.39, 0.29) is 12.3 Å². The van der Waals surface area contributed by atoms with Crippen LogP contribution in [0.3, 0.4) is 0 Å². The molecule has 2 aromatic rings. The highest BCUT2D eigenvalue weighted by atomic mass is 16.5. The number of carbonyl (C=O) groups excluding carboxylic acids is 4. The summed E-state index contributed by atoms with van der Waals surface area (Å²) in [5, 5.41) is 2.67. The Kier molecular flexibility index (Phi) is 5.28. The van der Waals surface area contributed by atoms with Crippen LogP contribution in [-0.2, 0) is 15.1 Å². The van der Waals surface area contributed by atoms with Gasteiger partial charge in [0.25, 0.3) is 5.91 Å². The van der Waals surface area contributed by atoms with E-state index in [4.69, 9.17) is 4.74 Å². The van der Waals surface area contributed by atoms with E-state index in [2.05, 4.69) is 10.3 Å². The van der Waals surface area contributed by atoms with Gasteiger partial charge < -0.3 is 15.0 Å². The van der Waals surface area contributed by atoms with E-state index < -0.39 is 35.8 Å². The smallest absolute Gasteiger partial charge is 0.340 e. The van der Waals surface area contributed by atoms with E-state index in [0.29, 0.717) is 22.4 Å².